The third kappa shape index (κ3) is 2.09. The van der Waals surface area contributed by atoms with E-state index in [0.29, 0.717) is 5.92 Å². The Morgan fingerprint density at radius 3 is 2.32 bits per heavy atom. The number of hydrogen-bond acceptors (Lipinski definition) is 2. The molecular formula is C16H19NO2. The second kappa shape index (κ2) is 4.65. The smallest absolute Gasteiger partial charge is 0.337 e. The summed E-state index contributed by atoms with van der Waals surface area (Å²) in [4.78, 5) is 15.4. The number of rotatable bonds is 2. The van der Waals surface area contributed by atoms with Crippen LogP contribution in [0.2, 0.25) is 0 Å². The Balaban J connectivity index is 2.89. The molecule has 3 nitrogen and oxygen atoms in total. The Kier molecular flexibility index (Phi) is 3.31. The minimum atomic E-state index is -0.933. The predicted octanol–water partition coefficient (Wildman–Crippen LogP) is 3.98. The molecular weight excluding hydrogens is 238 g/mol. The molecule has 0 aliphatic heterocycles. The predicted molar refractivity (Wildman–Crippen MR) is 77.0 cm³/mol. The maximum Gasteiger partial charge on any atom is 0.337 e. The molecule has 3 heteroatoms. The molecule has 0 spiro atoms. The van der Waals surface area contributed by atoms with E-state index in [9.17, 15) is 4.79 Å². The van der Waals surface area contributed by atoms with E-state index in [1.807, 2.05) is 6.92 Å². The van der Waals surface area contributed by atoms with E-state index < -0.39 is 5.97 Å². The highest BCUT2D eigenvalue weighted by molar-refractivity contribution is 5.95. The van der Waals surface area contributed by atoms with Crippen LogP contribution in [0, 0.1) is 20.8 Å². The first kappa shape index (κ1) is 13.5. The molecule has 0 atom stereocenters. The summed E-state index contributed by atoms with van der Waals surface area (Å²) < 4.78 is 0. The quantitative estimate of drug-likeness (QED) is 0.885. The molecule has 0 unspecified atom stereocenters. The van der Waals surface area contributed by atoms with E-state index in [1.165, 1.54) is 17.3 Å². The van der Waals surface area contributed by atoms with Crippen molar-refractivity contribution in [1.82, 2.24) is 4.98 Å². The third-order valence-electron chi connectivity index (χ3n) is 3.84. The molecule has 19 heavy (non-hydrogen) atoms. The van der Waals surface area contributed by atoms with Gasteiger partial charge in [-0.15, -0.1) is 0 Å². The van der Waals surface area contributed by atoms with Gasteiger partial charge in [-0.1, -0.05) is 13.8 Å². The highest BCUT2D eigenvalue weighted by atomic mass is 16.4. The van der Waals surface area contributed by atoms with Crippen LogP contribution >= 0.6 is 0 Å². The van der Waals surface area contributed by atoms with Crippen molar-refractivity contribution in [1.29, 1.82) is 0 Å². The largest absolute Gasteiger partial charge is 0.478 e. The standard InChI is InChI=1S/C16H19NO2/c1-8(2)14-10(4)9(3)13-6-12(16(18)19)7-17-15(13)11(14)5/h6-8H,1-5H3,(H,18,19). The average molecular weight is 257 g/mol. The fourth-order valence-corrected chi connectivity index (χ4v) is 2.85. The lowest BCUT2D eigenvalue weighted by molar-refractivity contribution is 0.0696. The maximum absolute atomic E-state index is 11.1. The van der Waals surface area contributed by atoms with Gasteiger partial charge in [0, 0.05) is 11.6 Å². The summed E-state index contributed by atoms with van der Waals surface area (Å²) in [6.07, 6.45) is 1.44. The van der Waals surface area contributed by atoms with Crippen molar-refractivity contribution in [2.24, 2.45) is 0 Å². The number of aromatic carboxylic acids is 1. The molecule has 0 aliphatic rings. The molecule has 1 N–H and O–H groups in total. The van der Waals surface area contributed by atoms with E-state index in [2.05, 4.69) is 32.7 Å². The summed E-state index contributed by atoms with van der Waals surface area (Å²) in [5, 5.41) is 10.0. The van der Waals surface area contributed by atoms with E-state index in [0.717, 1.165) is 22.0 Å². The molecule has 100 valence electrons. The summed E-state index contributed by atoms with van der Waals surface area (Å²) in [5.74, 6) is -0.499. The van der Waals surface area contributed by atoms with Crippen molar-refractivity contribution in [2.75, 3.05) is 0 Å². The normalized spacial score (nSPS) is 11.3. The van der Waals surface area contributed by atoms with E-state index in [1.54, 1.807) is 6.07 Å². The average Bonchev–Trinajstić information content (AvgIpc) is 2.35. The molecule has 1 aromatic carbocycles. The van der Waals surface area contributed by atoms with Gasteiger partial charge in [-0.2, -0.15) is 0 Å². The number of nitrogens with zero attached hydrogens (tertiary/aromatic N) is 1. The number of carboxylic acids is 1. The lowest BCUT2D eigenvalue weighted by Crippen LogP contribution is -2.04. The zero-order valence-corrected chi connectivity index (χ0v) is 12.0. The third-order valence-corrected chi connectivity index (χ3v) is 3.84. The molecule has 0 bridgehead atoms. The van der Waals surface area contributed by atoms with Gasteiger partial charge in [0.25, 0.3) is 0 Å². The Hall–Kier alpha value is -1.90. The van der Waals surface area contributed by atoms with Crippen molar-refractivity contribution in [3.05, 3.63) is 40.1 Å². The van der Waals surface area contributed by atoms with Crippen LogP contribution in [0.4, 0.5) is 0 Å². The summed E-state index contributed by atoms with van der Waals surface area (Å²) in [6.45, 7) is 10.6. The van der Waals surface area contributed by atoms with Gasteiger partial charge in [-0.25, -0.2) is 4.79 Å². The Bertz CT molecular complexity index is 672. The van der Waals surface area contributed by atoms with Crippen molar-refractivity contribution >= 4 is 16.9 Å². The summed E-state index contributed by atoms with van der Waals surface area (Å²) in [7, 11) is 0. The van der Waals surface area contributed by atoms with Gasteiger partial charge in [-0.3, -0.25) is 4.98 Å². The van der Waals surface area contributed by atoms with Crippen LogP contribution in [0.5, 0.6) is 0 Å². The lowest BCUT2D eigenvalue weighted by atomic mass is 9.87. The maximum atomic E-state index is 11.1. The first-order valence-electron chi connectivity index (χ1n) is 6.47. The number of benzene rings is 1. The van der Waals surface area contributed by atoms with Crippen LogP contribution in [-0.4, -0.2) is 16.1 Å². The highest BCUT2D eigenvalue weighted by Gasteiger charge is 2.16. The van der Waals surface area contributed by atoms with Gasteiger partial charge < -0.3 is 5.11 Å². The monoisotopic (exact) mass is 257 g/mol. The molecule has 2 aromatic rings. The summed E-state index contributed by atoms with van der Waals surface area (Å²) in [5.41, 5.74) is 6.00. The van der Waals surface area contributed by atoms with Gasteiger partial charge in [0.2, 0.25) is 0 Å². The van der Waals surface area contributed by atoms with Gasteiger partial charge in [0.1, 0.15) is 0 Å². The Morgan fingerprint density at radius 2 is 1.79 bits per heavy atom. The Labute approximate surface area is 113 Å². The molecule has 0 aliphatic carbocycles. The van der Waals surface area contributed by atoms with Crippen LogP contribution in [-0.2, 0) is 0 Å². The van der Waals surface area contributed by atoms with Gasteiger partial charge in [0.15, 0.2) is 0 Å². The number of fused-ring (bicyclic) bond motifs is 1. The van der Waals surface area contributed by atoms with Gasteiger partial charge in [0.05, 0.1) is 11.1 Å². The molecule has 1 heterocycles. The number of aryl methyl sites for hydroxylation is 2. The number of aromatic nitrogens is 1. The van der Waals surface area contributed by atoms with E-state index >= 15 is 0 Å². The molecule has 0 saturated carbocycles. The van der Waals surface area contributed by atoms with Crippen molar-refractivity contribution < 1.29 is 9.90 Å². The second-order valence-corrected chi connectivity index (χ2v) is 5.37. The van der Waals surface area contributed by atoms with Crippen LogP contribution in [0.15, 0.2) is 12.3 Å². The minimum absolute atomic E-state index is 0.242. The molecule has 0 saturated heterocycles. The second-order valence-electron chi connectivity index (χ2n) is 5.37. The van der Waals surface area contributed by atoms with Crippen molar-refractivity contribution in [3.63, 3.8) is 0 Å². The van der Waals surface area contributed by atoms with Crippen LogP contribution in [0.3, 0.4) is 0 Å². The number of carboxylic acid groups (broad SMARTS) is 1. The first-order chi connectivity index (χ1) is 8.84. The zero-order chi connectivity index (χ0) is 14.3. The van der Waals surface area contributed by atoms with Crippen LogP contribution < -0.4 is 0 Å². The van der Waals surface area contributed by atoms with Crippen molar-refractivity contribution in [3.8, 4) is 0 Å². The van der Waals surface area contributed by atoms with Crippen LogP contribution in [0.25, 0.3) is 10.9 Å². The molecule has 0 amide bonds. The fraction of sp³-hybridized carbons (Fsp3) is 0.375. The lowest BCUT2D eigenvalue weighted by Gasteiger charge is -2.19. The van der Waals surface area contributed by atoms with Gasteiger partial charge >= 0.3 is 5.97 Å². The number of pyridine rings is 1. The number of hydrogen-bond donors (Lipinski definition) is 1. The molecule has 1 aromatic heterocycles. The van der Waals surface area contributed by atoms with Gasteiger partial charge in [-0.05, 0) is 55.0 Å². The Morgan fingerprint density at radius 1 is 1.16 bits per heavy atom. The fourth-order valence-electron chi connectivity index (χ4n) is 2.85. The van der Waals surface area contributed by atoms with E-state index in [-0.39, 0.29) is 5.56 Å². The van der Waals surface area contributed by atoms with Crippen LogP contribution in [0.1, 0.15) is 52.4 Å². The van der Waals surface area contributed by atoms with Crippen molar-refractivity contribution in [2.45, 2.75) is 40.5 Å². The number of carbonyl (C=O) groups is 1. The molecule has 0 radical (unpaired) electrons. The topological polar surface area (TPSA) is 50.2 Å². The SMILES string of the molecule is Cc1c(C(C)C)c(C)c2ncc(C(=O)O)cc2c1C. The highest BCUT2D eigenvalue weighted by Crippen LogP contribution is 2.32. The minimum Gasteiger partial charge on any atom is -0.478 e. The molecule has 2 rings (SSSR count). The molecule has 0 fully saturated rings. The zero-order valence-electron chi connectivity index (χ0n) is 12.0. The summed E-state index contributed by atoms with van der Waals surface area (Å²) in [6, 6.07) is 1.73. The van der Waals surface area contributed by atoms with E-state index in [4.69, 9.17) is 5.11 Å². The summed E-state index contributed by atoms with van der Waals surface area (Å²) >= 11 is 0. The first-order valence-corrected chi connectivity index (χ1v) is 6.47.